The Bertz CT molecular complexity index is 248. The van der Waals surface area contributed by atoms with Crippen molar-refractivity contribution in [1.82, 2.24) is 0 Å². The Morgan fingerprint density at radius 3 is 2.23 bits per heavy atom. The van der Waals surface area contributed by atoms with Gasteiger partial charge < -0.3 is 5.11 Å². The number of carboxylic acid groups (broad SMARTS) is 1. The summed E-state index contributed by atoms with van der Waals surface area (Å²) in [7, 11) is 0. The monoisotopic (exact) mass is 244 g/mol. The van der Waals surface area contributed by atoms with E-state index in [-0.39, 0.29) is 28.7 Å². The zero-order valence-electron chi connectivity index (χ0n) is 7.25. The molecule has 3 unspecified atom stereocenters. The predicted octanol–water partition coefficient (Wildman–Crippen LogP) is 3.08. The molecule has 0 saturated heterocycles. The van der Waals surface area contributed by atoms with Crippen molar-refractivity contribution >= 4 is 41.6 Å². The van der Waals surface area contributed by atoms with Crippen LogP contribution in [0.15, 0.2) is 10.6 Å². The molecule has 1 fully saturated rings. The molecular weight excluding hydrogens is 234 g/mol. The molecule has 76 valence electrons. The predicted molar refractivity (Wildman–Crippen MR) is 55.4 cm³/mol. The van der Waals surface area contributed by atoms with E-state index in [1.807, 2.05) is 6.92 Å². The first-order chi connectivity index (χ1) is 5.40. The zero-order chi connectivity index (χ0) is 9.52. The van der Waals surface area contributed by atoms with Gasteiger partial charge in [0.05, 0.1) is 5.41 Å². The Kier molecular flexibility index (Phi) is 4.10. The standard InChI is InChI=1S/C8H10Cl2O2.ClH/c1-4-5(3-6(9)10)8(4,2)7(11)12;/h3-5H,1-2H3,(H,11,12);1H. The molecule has 0 heterocycles. The van der Waals surface area contributed by atoms with Gasteiger partial charge in [0.15, 0.2) is 0 Å². The summed E-state index contributed by atoms with van der Waals surface area (Å²) in [6.45, 7) is 3.59. The molecule has 0 aromatic heterocycles. The molecule has 0 aliphatic heterocycles. The lowest BCUT2D eigenvalue weighted by molar-refractivity contribution is -0.143. The van der Waals surface area contributed by atoms with Gasteiger partial charge >= 0.3 is 5.97 Å². The summed E-state index contributed by atoms with van der Waals surface area (Å²) in [6, 6.07) is 0. The van der Waals surface area contributed by atoms with Crippen LogP contribution in [0.5, 0.6) is 0 Å². The molecule has 3 atom stereocenters. The maximum absolute atomic E-state index is 10.8. The molecule has 1 aliphatic carbocycles. The van der Waals surface area contributed by atoms with Crippen molar-refractivity contribution in [2.24, 2.45) is 17.3 Å². The number of hydrogen-bond acceptors (Lipinski definition) is 1. The maximum Gasteiger partial charge on any atom is 0.310 e. The van der Waals surface area contributed by atoms with Crippen LogP contribution in [-0.2, 0) is 4.79 Å². The molecule has 0 aromatic carbocycles. The van der Waals surface area contributed by atoms with E-state index in [4.69, 9.17) is 28.3 Å². The van der Waals surface area contributed by atoms with E-state index in [2.05, 4.69) is 0 Å². The maximum atomic E-state index is 10.8. The Balaban J connectivity index is 0.00000144. The van der Waals surface area contributed by atoms with E-state index in [0.717, 1.165) is 0 Å². The molecule has 13 heavy (non-hydrogen) atoms. The Hall–Kier alpha value is 0.0800. The number of aliphatic carboxylic acids is 1. The van der Waals surface area contributed by atoms with Crippen molar-refractivity contribution in [2.45, 2.75) is 13.8 Å². The molecule has 0 radical (unpaired) electrons. The van der Waals surface area contributed by atoms with Crippen LogP contribution >= 0.6 is 35.6 Å². The van der Waals surface area contributed by atoms with Crippen LogP contribution in [0.25, 0.3) is 0 Å². The quantitative estimate of drug-likeness (QED) is 0.812. The first-order valence-corrected chi connectivity index (χ1v) is 4.42. The number of carboxylic acids is 1. The third kappa shape index (κ3) is 2.12. The Morgan fingerprint density at radius 2 is 2.00 bits per heavy atom. The molecule has 1 rings (SSSR count). The summed E-state index contributed by atoms with van der Waals surface area (Å²) in [5.41, 5.74) is -0.672. The minimum absolute atomic E-state index is 0. The number of halogens is 3. The second-order valence-corrected chi connectivity index (χ2v) is 4.37. The third-order valence-electron chi connectivity index (χ3n) is 2.83. The lowest BCUT2D eigenvalue weighted by Crippen LogP contribution is -2.13. The van der Waals surface area contributed by atoms with Gasteiger partial charge in [-0.05, 0) is 24.8 Å². The molecule has 1 saturated carbocycles. The summed E-state index contributed by atoms with van der Waals surface area (Å²) in [6.07, 6.45) is 1.60. The van der Waals surface area contributed by atoms with Gasteiger partial charge in [-0.2, -0.15) is 0 Å². The molecule has 0 bridgehead atoms. The summed E-state index contributed by atoms with van der Waals surface area (Å²) in [5.74, 6) is -0.701. The largest absolute Gasteiger partial charge is 0.481 e. The lowest BCUT2D eigenvalue weighted by Gasteiger charge is -2.00. The fraction of sp³-hybridized carbons (Fsp3) is 0.625. The van der Waals surface area contributed by atoms with Gasteiger partial charge in [0.25, 0.3) is 0 Å². The highest BCUT2D eigenvalue weighted by atomic mass is 35.5. The van der Waals surface area contributed by atoms with Crippen molar-refractivity contribution in [3.05, 3.63) is 10.6 Å². The van der Waals surface area contributed by atoms with Gasteiger partial charge in [-0.25, -0.2) is 0 Å². The summed E-state index contributed by atoms with van der Waals surface area (Å²) < 4.78 is 0.150. The van der Waals surface area contributed by atoms with Crippen LogP contribution in [0.1, 0.15) is 13.8 Å². The highest BCUT2D eigenvalue weighted by Crippen LogP contribution is 2.59. The molecule has 0 spiro atoms. The highest BCUT2D eigenvalue weighted by molar-refractivity contribution is 6.55. The second-order valence-electron chi connectivity index (χ2n) is 3.36. The lowest BCUT2D eigenvalue weighted by atomic mass is 10.1. The molecule has 0 aromatic rings. The summed E-state index contributed by atoms with van der Waals surface area (Å²) in [4.78, 5) is 10.8. The molecular formula is C8H11Cl3O2. The van der Waals surface area contributed by atoms with E-state index < -0.39 is 11.4 Å². The number of rotatable bonds is 2. The van der Waals surface area contributed by atoms with E-state index >= 15 is 0 Å². The zero-order valence-corrected chi connectivity index (χ0v) is 9.58. The molecule has 1 aliphatic rings. The van der Waals surface area contributed by atoms with Crippen LogP contribution in [0, 0.1) is 17.3 Å². The number of allylic oxidation sites excluding steroid dienone is 1. The van der Waals surface area contributed by atoms with Gasteiger partial charge in [0.1, 0.15) is 4.49 Å². The van der Waals surface area contributed by atoms with Gasteiger partial charge in [0, 0.05) is 0 Å². The van der Waals surface area contributed by atoms with Crippen molar-refractivity contribution < 1.29 is 9.90 Å². The SMILES string of the molecule is CC1C(C=C(Cl)Cl)C1(C)C(=O)O.Cl. The topological polar surface area (TPSA) is 37.3 Å². The summed E-state index contributed by atoms with van der Waals surface area (Å²) in [5, 5.41) is 8.85. The van der Waals surface area contributed by atoms with E-state index in [9.17, 15) is 4.79 Å². The Labute approximate surface area is 93.3 Å². The van der Waals surface area contributed by atoms with Crippen molar-refractivity contribution in [2.75, 3.05) is 0 Å². The van der Waals surface area contributed by atoms with Gasteiger partial charge in [-0.15, -0.1) is 12.4 Å². The fourth-order valence-electron chi connectivity index (χ4n) is 1.56. The van der Waals surface area contributed by atoms with E-state index in [1.165, 1.54) is 0 Å². The van der Waals surface area contributed by atoms with Crippen LogP contribution in [0.4, 0.5) is 0 Å². The average molecular weight is 246 g/mol. The van der Waals surface area contributed by atoms with Crippen LogP contribution < -0.4 is 0 Å². The van der Waals surface area contributed by atoms with E-state index in [0.29, 0.717) is 0 Å². The molecule has 5 heteroatoms. The van der Waals surface area contributed by atoms with Crippen molar-refractivity contribution in [1.29, 1.82) is 0 Å². The first-order valence-electron chi connectivity index (χ1n) is 3.67. The third-order valence-corrected chi connectivity index (χ3v) is 3.09. The molecule has 1 N–H and O–H groups in total. The smallest absolute Gasteiger partial charge is 0.310 e. The van der Waals surface area contributed by atoms with Crippen LogP contribution in [-0.4, -0.2) is 11.1 Å². The van der Waals surface area contributed by atoms with Gasteiger partial charge in [0.2, 0.25) is 0 Å². The van der Waals surface area contributed by atoms with Crippen molar-refractivity contribution in [3.8, 4) is 0 Å². The second kappa shape index (κ2) is 4.07. The van der Waals surface area contributed by atoms with Gasteiger partial charge in [-0.3, -0.25) is 4.79 Å². The first kappa shape index (κ1) is 13.1. The number of carbonyl (C=O) groups is 1. The Morgan fingerprint density at radius 1 is 1.54 bits per heavy atom. The van der Waals surface area contributed by atoms with E-state index in [1.54, 1.807) is 13.0 Å². The van der Waals surface area contributed by atoms with Crippen LogP contribution in [0.2, 0.25) is 0 Å². The van der Waals surface area contributed by atoms with Gasteiger partial charge in [-0.1, -0.05) is 30.1 Å². The molecule has 2 nitrogen and oxygen atoms in total. The van der Waals surface area contributed by atoms with Crippen molar-refractivity contribution in [3.63, 3.8) is 0 Å². The summed E-state index contributed by atoms with van der Waals surface area (Å²) >= 11 is 10.9. The average Bonchev–Trinajstić information content (AvgIpc) is 2.41. The minimum atomic E-state index is -0.786. The number of hydrogen-bond donors (Lipinski definition) is 1. The molecule has 0 amide bonds. The minimum Gasteiger partial charge on any atom is -0.481 e. The normalized spacial score (nSPS) is 36.0. The highest BCUT2D eigenvalue weighted by Gasteiger charge is 2.62. The fourth-order valence-corrected chi connectivity index (χ4v) is 1.83. The van der Waals surface area contributed by atoms with Crippen LogP contribution in [0.3, 0.4) is 0 Å².